The SMILES string of the molecule is O=C[C@H](O)[C@@H](O)[C@H](O[C@@H]1O[C@H](COP(=O)(O)O)[C@H](O)[C@H](O)[C@H]1O)[C@H](O)CO. The van der Waals surface area contributed by atoms with Gasteiger partial charge in [-0.15, -0.1) is 0 Å². The fraction of sp³-hybridized carbons (Fsp3) is 0.917. The van der Waals surface area contributed by atoms with Crippen LogP contribution in [0.25, 0.3) is 0 Å². The number of aliphatic hydroxyl groups is 7. The summed E-state index contributed by atoms with van der Waals surface area (Å²) in [7, 11) is -4.96. The molecule has 0 amide bonds. The van der Waals surface area contributed by atoms with Gasteiger partial charge in [-0.1, -0.05) is 0 Å². The van der Waals surface area contributed by atoms with Crippen molar-refractivity contribution >= 4 is 14.1 Å². The molecule has 0 saturated carbocycles. The Labute approximate surface area is 152 Å². The summed E-state index contributed by atoms with van der Waals surface area (Å²) < 4.78 is 25.0. The standard InChI is InChI=1S/C12H23O14P/c13-1-4(15)7(17)11(5(16)2-14)26-12-10(20)9(19)8(18)6(25-12)3-24-27(21,22)23/h1,4-12,14-20H,2-3H2,(H2,21,22,23)/t4-,5+,6+,7+,8-,9-,10+,11+,12-/m0/s1. The van der Waals surface area contributed by atoms with Gasteiger partial charge in [-0.3, -0.25) is 4.52 Å². The Morgan fingerprint density at radius 2 is 1.67 bits per heavy atom. The van der Waals surface area contributed by atoms with Gasteiger partial charge < -0.3 is 59.8 Å². The molecular weight excluding hydrogens is 399 g/mol. The fourth-order valence-electron chi connectivity index (χ4n) is 2.27. The molecule has 0 aliphatic carbocycles. The minimum atomic E-state index is -4.96. The molecule has 1 aliphatic heterocycles. The van der Waals surface area contributed by atoms with Crippen molar-refractivity contribution in [3.8, 4) is 0 Å². The van der Waals surface area contributed by atoms with Crippen LogP contribution in [-0.4, -0.2) is 120 Å². The Morgan fingerprint density at radius 1 is 1.07 bits per heavy atom. The van der Waals surface area contributed by atoms with E-state index in [1.165, 1.54) is 0 Å². The predicted molar refractivity (Wildman–Crippen MR) is 80.7 cm³/mol. The molecule has 0 spiro atoms. The number of aliphatic hydroxyl groups excluding tert-OH is 7. The van der Waals surface area contributed by atoms with E-state index in [9.17, 15) is 40.0 Å². The third kappa shape index (κ3) is 6.76. The summed E-state index contributed by atoms with van der Waals surface area (Å²) in [5.41, 5.74) is 0. The topological polar surface area (TPSA) is 244 Å². The van der Waals surface area contributed by atoms with Crippen LogP contribution >= 0.6 is 7.82 Å². The molecule has 0 aromatic heterocycles. The summed E-state index contributed by atoms with van der Waals surface area (Å²) in [6.07, 6.45) is -17.2. The largest absolute Gasteiger partial charge is 0.469 e. The van der Waals surface area contributed by atoms with E-state index < -0.39 is 76.2 Å². The van der Waals surface area contributed by atoms with E-state index in [2.05, 4.69) is 4.52 Å². The van der Waals surface area contributed by atoms with Crippen molar-refractivity contribution in [2.24, 2.45) is 0 Å². The van der Waals surface area contributed by atoms with Gasteiger partial charge in [0.05, 0.1) is 13.2 Å². The lowest BCUT2D eigenvalue weighted by Gasteiger charge is -2.42. The van der Waals surface area contributed by atoms with E-state index in [1.54, 1.807) is 0 Å². The van der Waals surface area contributed by atoms with Gasteiger partial charge >= 0.3 is 7.82 Å². The third-order valence-corrected chi connectivity index (χ3v) is 4.24. The van der Waals surface area contributed by atoms with Crippen LogP contribution in [0.15, 0.2) is 0 Å². The molecule has 14 nitrogen and oxygen atoms in total. The van der Waals surface area contributed by atoms with Crippen LogP contribution in [0.3, 0.4) is 0 Å². The molecule has 0 aromatic carbocycles. The normalized spacial score (nSPS) is 33.9. The minimum absolute atomic E-state index is 0.0848. The number of phosphoric ester groups is 1. The number of carbonyl (C=O) groups excluding carboxylic acids is 1. The second-order valence-corrected chi connectivity index (χ2v) is 7.01. The van der Waals surface area contributed by atoms with Gasteiger partial charge in [-0.05, 0) is 0 Å². The number of phosphoric acid groups is 1. The first-order valence-electron chi connectivity index (χ1n) is 7.58. The smallest absolute Gasteiger partial charge is 0.394 e. The van der Waals surface area contributed by atoms with E-state index in [-0.39, 0.29) is 6.29 Å². The lowest BCUT2D eigenvalue weighted by atomic mass is 9.98. The average Bonchev–Trinajstić information content (AvgIpc) is 2.62. The average molecular weight is 422 g/mol. The molecule has 27 heavy (non-hydrogen) atoms. The van der Waals surface area contributed by atoms with E-state index in [4.69, 9.17) is 24.4 Å². The first-order chi connectivity index (χ1) is 12.4. The van der Waals surface area contributed by atoms with Gasteiger partial charge in [0.25, 0.3) is 0 Å². The van der Waals surface area contributed by atoms with Crippen LogP contribution < -0.4 is 0 Å². The maximum absolute atomic E-state index is 10.7. The number of ether oxygens (including phenoxy) is 2. The molecule has 1 aliphatic rings. The maximum Gasteiger partial charge on any atom is 0.469 e. The van der Waals surface area contributed by atoms with Crippen LogP contribution in [0.4, 0.5) is 0 Å². The summed E-state index contributed by atoms with van der Waals surface area (Å²) in [5, 5.41) is 67.5. The minimum Gasteiger partial charge on any atom is -0.394 e. The molecule has 0 aromatic rings. The highest BCUT2D eigenvalue weighted by Crippen LogP contribution is 2.37. The molecule has 0 unspecified atom stereocenters. The van der Waals surface area contributed by atoms with Crippen molar-refractivity contribution in [2.75, 3.05) is 13.2 Å². The molecule has 1 fully saturated rings. The van der Waals surface area contributed by atoms with Crippen LogP contribution in [0.5, 0.6) is 0 Å². The molecule has 9 N–H and O–H groups in total. The van der Waals surface area contributed by atoms with Gasteiger partial charge in [0.1, 0.15) is 48.8 Å². The predicted octanol–water partition coefficient (Wildman–Crippen LogP) is -5.44. The van der Waals surface area contributed by atoms with Gasteiger partial charge in [0.2, 0.25) is 0 Å². The number of aldehydes is 1. The zero-order valence-corrected chi connectivity index (χ0v) is 14.6. The highest BCUT2D eigenvalue weighted by Gasteiger charge is 2.47. The van der Waals surface area contributed by atoms with Gasteiger partial charge in [0, 0.05) is 0 Å². The highest BCUT2D eigenvalue weighted by molar-refractivity contribution is 7.46. The zero-order valence-electron chi connectivity index (χ0n) is 13.7. The second kappa shape index (κ2) is 10.3. The Kier molecular flexibility index (Phi) is 9.30. The number of hydrogen-bond donors (Lipinski definition) is 9. The van der Waals surface area contributed by atoms with Crippen molar-refractivity contribution in [1.82, 2.24) is 0 Å². The summed E-state index contributed by atoms with van der Waals surface area (Å²) in [6.45, 7) is -1.92. The van der Waals surface area contributed by atoms with E-state index >= 15 is 0 Å². The lowest BCUT2D eigenvalue weighted by Crippen LogP contribution is -2.61. The number of hydrogen-bond acceptors (Lipinski definition) is 12. The molecule has 9 atom stereocenters. The van der Waals surface area contributed by atoms with E-state index in [0.29, 0.717) is 0 Å². The molecule has 0 radical (unpaired) electrons. The van der Waals surface area contributed by atoms with E-state index in [0.717, 1.165) is 0 Å². The molecule has 15 heteroatoms. The second-order valence-electron chi connectivity index (χ2n) is 5.77. The first kappa shape index (κ1) is 24.5. The van der Waals surface area contributed by atoms with Crippen molar-refractivity contribution in [1.29, 1.82) is 0 Å². The van der Waals surface area contributed by atoms with Crippen molar-refractivity contribution in [3.63, 3.8) is 0 Å². The molecule has 160 valence electrons. The van der Waals surface area contributed by atoms with Crippen molar-refractivity contribution in [3.05, 3.63) is 0 Å². The highest BCUT2D eigenvalue weighted by atomic mass is 31.2. The first-order valence-corrected chi connectivity index (χ1v) is 9.11. The number of rotatable bonds is 10. The van der Waals surface area contributed by atoms with Crippen LogP contribution in [0, 0.1) is 0 Å². The summed E-state index contributed by atoms with van der Waals surface area (Å²) in [5.74, 6) is 0. The maximum atomic E-state index is 10.7. The Bertz CT molecular complexity index is 512. The van der Waals surface area contributed by atoms with Crippen molar-refractivity contribution < 1.29 is 68.9 Å². The zero-order chi connectivity index (χ0) is 20.9. The molecule has 1 saturated heterocycles. The van der Waals surface area contributed by atoms with Crippen LogP contribution in [0.1, 0.15) is 0 Å². The quantitative estimate of drug-likeness (QED) is 0.118. The fourth-order valence-corrected chi connectivity index (χ4v) is 2.61. The Morgan fingerprint density at radius 3 is 2.15 bits per heavy atom. The van der Waals surface area contributed by atoms with Gasteiger partial charge in [0.15, 0.2) is 12.6 Å². The molecule has 0 bridgehead atoms. The summed E-state index contributed by atoms with van der Waals surface area (Å²) in [4.78, 5) is 28.0. The van der Waals surface area contributed by atoms with Gasteiger partial charge in [-0.25, -0.2) is 4.57 Å². The lowest BCUT2D eigenvalue weighted by molar-refractivity contribution is -0.325. The molecule has 1 rings (SSSR count). The Balaban J connectivity index is 2.95. The summed E-state index contributed by atoms with van der Waals surface area (Å²) >= 11 is 0. The van der Waals surface area contributed by atoms with Crippen LogP contribution in [0.2, 0.25) is 0 Å². The summed E-state index contributed by atoms with van der Waals surface area (Å²) in [6, 6.07) is 0. The Hall–Kier alpha value is -0.580. The molecular formula is C12H23O14P. The third-order valence-electron chi connectivity index (χ3n) is 3.76. The van der Waals surface area contributed by atoms with Crippen molar-refractivity contribution in [2.45, 2.75) is 55.1 Å². The molecule has 1 heterocycles. The van der Waals surface area contributed by atoms with E-state index in [1.807, 2.05) is 0 Å². The van der Waals surface area contributed by atoms with Crippen LogP contribution in [-0.2, 0) is 23.4 Å². The number of carbonyl (C=O) groups is 1. The monoisotopic (exact) mass is 422 g/mol. The van der Waals surface area contributed by atoms with Gasteiger partial charge in [-0.2, -0.15) is 0 Å².